The van der Waals surface area contributed by atoms with Crippen molar-refractivity contribution in [1.82, 2.24) is 9.61 Å². The second kappa shape index (κ2) is 5.85. The Kier molecular flexibility index (Phi) is 3.98. The number of pyridine rings is 1. The summed E-state index contributed by atoms with van der Waals surface area (Å²) in [7, 11) is -4.21. The summed E-state index contributed by atoms with van der Waals surface area (Å²) in [6, 6.07) is 6.29. The SMILES string of the molecule is N#Cc1ccc2c(S(=O)(=O)Nc3cc(F)c(Br)cc3F)cnn2c1. The van der Waals surface area contributed by atoms with Crippen LogP contribution in [0, 0.1) is 23.0 Å². The molecule has 0 aliphatic heterocycles. The smallest absolute Gasteiger partial charge is 0.265 e. The molecule has 0 radical (unpaired) electrons. The number of benzene rings is 1. The molecule has 0 aliphatic rings. The third-order valence-electron chi connectivity index (χ3n) is 3.15. The normalized spacial score (nSPS) is 11.4. The molecule has 0 fully saturated rings. The van der Waals surface area contributed by atoms with Crippen molar-refractivity contribution in [3.63, 3.8) is 0 Å². The monoisotopic (exact) mass is 412 g/mol. The maximum Gasteiger partial charge on any atom is 0.265 e. The van der Waals surface area contributed by atoms with E-state index in [9.17, 15) is 17.2 Å². The molecular weight excluding hydrogens is 406 g/mol. The van der Waals surface area contributed by atoms with Crippen LogP contribution in [0.15, 0.2) is 46.0 Å². The van der Waals surface area contributed by atoms with Crippen molar-refractivity contribution in [2.45, 2.75) is 4.90 Å². The Hall–Kier alpha value is -2.51. The molecule has 1 aromatic carbocycles. The lowest BCUT2D eigenvalue weighted by Gasteiger charge is -2.09. The van der Waals surface area contributed by atoms with E-state index in [0.717, 1.165) is 18.3 Å². The molecule has 0 saturated heterocycles. The Morgan fingerprint density at radius 1 is 1.25 bits per heavy atom. The number of sulfonamides is 1. The van der Waals surface area contributed by atoms with Crippen LogP contribution < -0.4 is 4.72 Å². The molecule has 0 bridgehead atoms. The fourth-order valence-electron chi connectivity index (χ4n) is 2.03. The molecule has 6 nitrogen and oxygen atoms in total. The van der Waals surface area contributed by atoms with Crippen LogP contribution in [-0.2, 0) is 10.0 Å². The van der Waals surface area contributed by atoms with Gasteiger partial charge in [-0.15, -0.1) is 0 Å². The highest BCUT2D eigenvalue weighted by Gasteiger charge is 2.22. The van der Waals surface area contributed by atoms with Crippen LogP contribution >= 0.6 is 15.9 Å². The number of aromatic nitrogens is 2. The van der Waals surface area contributed by atoms with E-state index in [-0.39, 0.29) is 14.9 Å². The summed E-state index contributed by atoms with van der Waals surface area (Å²) in [6.45, 7) is 0. The van der Waals surface area contributed by atoms with Gasteiger partial charge in [0.1, 0.15) is 22.6 Å². The van der Waals surface area contributed by atoms with Crippen molar-refractivity contribution in [2.24, 2.45) is 0 Å². The summed E-state index contributed by atoms with van der Waals surface area (Å²) in [5.74, 6) is -1.75. The average Bonchev–Trinajstić information content (AvgIpc) is 2.96. The minimum atomic E-state index is -4.21. The first-order valence-electron chi connectivity index (χ1n) is 6.36. The lowest BCUT2D eigenvalue weighted by molar-refractivity contribution is 0.592. The number of nitriles is 1. The Bertz CT molecular complexity index is 1110. The second-order valence-corrected chi connectivity index (χ2v) is 7.23. The summed E-state index contributed by atoms with van der Waals surface area (Å²) < 4.78 is 55.3. The number of rotatable bonds is 3. The predicted octanol–water partition coefficient (Wildman–Crippen LogP) is 3.05. The van der Waals surface area contributed by atoms with Gasteiger partial charge in [0, 0.05) is 12.3 Å². The first-order valence-corrected chi connectivity index (χ1v) is 8.64. The molecule has 3 rings (SSSR count). The lowest BCUT2D eigenvalue weighted by atomic mass is 10.3. The molecule has 0 atom stereocenters. The Morgan fingerprint density at radius 3 is 2.71 bits per heavy atom. The van der Waals surface area contributed by atoms with E-state index in [1.165, 1.54) is 22.8 Å². The molecule has 0 amide bonds. The van der Waals surface area contributed by atoms with Gasteiger partial charge in [0.15, 0.2) is 0 Å². The quantitative estimate of drug-likeness (QED) is 0.669. The Morgan fingerprint density at radius 2 is 2.00 bits per heavy atom. The van der Waals surface area contributed by atoms with Crippen LogP contribution in [0.1, 0.15) is 5.56 Å². The van der Waals surface area contributed by atoms with E-state index in [4.69, 9.17) is 5.26 Å². The number of nitrogens with one attached hydrogen (secondary N) is 1. The van der Waals surface area contributed by atoms with Gasteiger partial charge < -0.3 is 0 Å². The number of halogens is 3. The van der Waals surface area contributed by atoms with Crippen molar-refractivity contribution in [3.8, 4) is 6.07 Å². The van der Waals surface area contributed by atoms with Crippen molar-refractivity contribution in [2.75, 3.05) is 4.72 Å². The fourth-order valence-corrected chi connectivity index (χ4v) is 3.53. The number of anilines is 1. The maximum absolute atomic E-state index is 13.8. The number of fused-ring (bicyclic) bond motifs is 1. The van der Waals surface area contributed by atoms with Crippen molar-refractivity contribution in [3.05, 3.63) is 58.3 Å². The van der Waals surface area contributed by atoms with Crippen LogP contribution in [0.3, 0.4) is 0 Å². The molecule has 1 N–H and O–H groups in total. The van der Waals surface area contributed by atoms with Crippen LogP contribution in [0.4, 0.5) is 14.5 Å². The molecule has 0 saturated carbocycles. The second-order valence-electron chi connectivity index (χ2n) is 4.72. The average molecular weight is 413 g/mol. The molecule has 0 unspecified atom stereocenters. The zero-order valence-electron chi connectivity index (χ0n) is 11.7. The van der Waals surface area contributed by atoms with Crippen LogP contribution in [0.25, 0.3) is 5.52 Å². The Balaban J connectivity index is 2.06. The number of nitrogens with zero attached hydrogens (tertiary/aromatic N) is 3. The van der Waals surface area contributed by atoms with Gasteiger partial charge >= 0.3 is 0 Å². The summed E-state index contributed by atoms with van der Waals surface area (Å²) in [6.07, 6.45) is 2.42. The largest absolute Gasteiger partial charge is 0.276 e. The van der Waals surface area contributed by atoms with Crippen LogP contribution in [-0.4, -0.2) is 18.0 Å². The minimum absolute atomic E-state index is 0.122. The fraction of sp³-hybridized carbons (Fsp3) is 0. The molecule has 0 aliphatic carbocycles. The first-order chi connectivity index (χ1) is 11.3. The molecule has 24 heavy (non-hydrogen) atoms. The summed E-state index contributed by atoms with van der Waals surface area (Å²) in [4.78, 5) is -0.227. The Labute approximate surface area is 143 Å². The highest BCUT2D eigenvalue weighted by molar-refractivity contribution is 9.10. The van der Waals surface area contributed by atoms with Crippen molar-refractivity contribution in [1.29, 1.82) is 5.26 Å². The van der Waals surface area contributed by atoms with E-state index in [0.29, 0.717) is 5.56 Å². The third kappa shape index (κ3) is 2.83. The van der Waals surface area contributed by atoms with E-state index < -0.39 is 27.3 Å². The van der Waals surface area contributed by atoms with E-state index in [1.807, 2.05) is 10.8 Å². The van der Waals surface area contributed by atoms with Gasteiger partial charge in [-0.3, -0.25) is 4.72 Å². The first kappa shape index (κ1) is 16.4. The predicted molar refractivity (Wildman–Crippen MR) is 84.8 cm³/mol. The lowest BCUT2D eigenvalue weighted by Crippen LogP contribution is -2.14. The van der Waals surface area contributed by atoms with Crippen molar-refractivity contribution >= 4 is 37.2 Å². The highest BCUT2D eigenvalue weighted by Crippen LogP contribution is 2.26. The van der Waals surface area contributed by atoms with Gasteiger partial charge in [-0.2, -0.15) is 10.4 Å². The minimum Gasteiger partial charge on any atom is -0.276 e. The molecule has 10 heteroatoms. The standard InChI is InChI=1S/C14H7BrF2N4O2S/c15-9-3-11(17)12(4-10(9)16)20-24(22,23)14-6-19-21-7-8(5-18)1-2-13(14)21/h1-4,6-7,20H. The van der Waals surface area contributed by atoms with Gasteiger partial charge in [-0.1, -0.05) is 0 Å². The molecule has 3 aromatic rings. The van der Waals surface area contributed by atoms with Gasteiger partial charge in [0.05, 0.1) is 27.4 Å². The van der Waals surface area contributed by atoms with Crippen molar-refractivity contribution < 1.29 is 17.2 Å². The summed E-state index contributed by atoms with van der Waals surface area (Å²) in [5, 5.41) is 12.7. The van der Waals surface area contributed by atoms with Gasteiger partial charge in [0.25, 0.3) is 10.0 Å². The maximum atomic E-state index is 13.8. The van der Waals surface area contributed by atoms with Crippen LogP contribution in [0.2, 0.25) is 0 Å². The zero-order chi connectivity index (χ0) is 17.5. The zero-order valence-corrected chi connectivity index (χ0v) is 14.1. The molecule has 2 aromatic heterocycles. The molecule has 0 spiro atoms. The summed E-state index contributed by atoms with van der Waals surface area (Å²) in [5.41, 5.74) is -0.0354. The number of hydrogen-bond acceptors (Lipinski definition) is 4. The van der Waals surface area contributed by atoms with Gasteiger partial charge in [-0.05, 0) is 34.1 Å². The van der Waals surface area contributed by atoms with E-state index in [2.05, 4.69) is 21.0 Å². The van der Waals surface area contributed by atoms with E-state index >= 15 is 0 Å². The van der Waals surface area contributed by atoms with Crippen LogP contribution in [0.5, 0.6) is 0 Å². The molecule has 2 heterocycles. The van der Waals surface area contributed by atoms with E-state index in [1.54, 1.807) is 0 Å². The summed E-state index contributed by atoms with van der Waals surface area (Å²) >= 11 is 2.81. The molecular formula is C14H7BrF2N4O2S. The third-order valence-corrected chi connectivity index (χ3v) is 5.14. The van der Waals surface area contributed by atoms with Gasteiger partial charge in [0.2, 0.25) is 0 Å². The number of hydrogen-bond donors (Lipinski definition) is 1. The highest BCUT2D eigenvalue weighted by atomic mass is 79.9. The molecule has 122 valence electrons. The van der Waals surface area contributed by atoms with Gasteiger partial charge in [-0.25, -0.2) is 21.7 Å². The topological polar surface area (TPSA) is 87.3 Å².